The lowest BCUT2D eigenvalue weighted by Crippen LogP contribution is -1.95. The van der Waals surface area contributed by atoms with Crippen molar-refractivity contribution in [3.63, 3.8) is 0 Å². The first kappa shape index (κ1) is 11.9. The smallest absolute Gasteiger partial charge is 0.111 e. The Kier molecular flexibility index (Phi) is 3.05. The molecule has 0 aliphatic rings. The molecule has 0 saturated carbocycles. The topological polar surface area (TPSA) is 54.7 Å². The summed E-state index contributed by atoms with van der Waals surface area (Å²) in [6.45, 7) is 2.66. The number of nitrogens with one attached hydrogen (secondary N) is 1. The summed E-state index contributed by atoms with van der Waals surface area (Å²) in [5.74, 6) is 0.995. The number of hydrogen-bond donors (Lipinski definition) is 2. The molecule has 0 saturated heterocycles. The second-order valence-corrected chi connectivity index (χ2v) is 4.90. The van der Waals surface area contributed by atoms with Gasteiger partial charge in [-0.2, -0.15) is 0 Å². The van der Waals surface area contributed by atoms with E-state index in [-0.39, 0.29) is 0 Å². The Labute approximate surface area is 112 Å². The first-order valence-electron chi connectivity index (χ1n) is 6.48. The molecule has 19 heavy (non-hydrogen) atoms. The van der Waals surface area contributed by atoms with E-state index in [0.717, 1.165) is 28.8 Å². The third-order valence-corrected chi connectivity index (χ3v) is 3.29. The van der Waals surface area contributed by atoms with Crippen LogP contribution >= 0.6 is 0 Å². The van der Waals surface area contributed by atoms with Crippen LogP contribution in [0.3, 0.4) is 0 Å². The molecule has 3 heteroatoms. The van der Waals surface area contributed by atoms with Crippen LogP contribution in [0.25, 0.3) is 11.0 Å². The minimum Gasteiger partial charge on any atom is -0.342 e. The lowest BCUT2D eigenvalue weighted by molar-refractivity contribution is 1.03. The number of nitrogens with zero attached hydrogens (tertiary/aromatic N) is 1. The van der Waals surface area contributed by atoms with Gasteiger partial charge in [-0.05, 0) is 30.2 Å². The third kappa shape index (κ3) is 2.51. The fraction of sp³-hybridized carbons (Fsp3) is 0.188. The summed E-state index contributed by atoms with van der Waals surface area (Å²) in [4.78, 5) is 7.99. The molecule has 0 radical (unpaired) electrons. The van der Waals surface area contributed by atoms with Gasteiger partial charge >= 0.3 is 0 Å². The minimum absolute atomic E-state index is 0.558. The second kappa shape index (κ2) is 4.86. The van der Waals surface area contributed by atoms with Crippen molar-refractivity contribution in [3.05, 3.63) is 65.0 Å². The van der Waals surface area contributed by atoms with Crippen LogP contribution in [0.5, 0.6) is 0 Å². The summed E-state index contributed by atoms with van der Waals surface area (Å²) < 4.78 is 0. The van der Waals surface area contributed by atoms with Gasteiger partial charge in [0, 0.05) is 13.0 Å². The molecule has 0 unspecified atom stereocenters. The average molecular weight is 251 g/mol. The van der Waals surface area contributed by atoms with E-state index in [4.69, 9.17) is 5.73 Å². The number of fused-ring (bicyclic) bond motifs is 1. The highest BCUT2D eigenvalue weighted by molar-refractivity contribution is 5.75. The van der Waals surface area contributed by atoms with E-state index in [2.05, 4.69) is 47.2 Å². The van der Waals surface area contributed by atoms with Crippen molar-refractivity contribution in [2.45, 2.75) is 19.9 Å². The lowest BCUT2D eigenvalue weighted by Gasteiger charge is -1.99. The molecular formula is C16H17N3. The highest BCUT2D eigenvalue weighted by atomic mass is 14.9. The third-order valence-electron chi connectivity index (χ3n) is 3.29. The van der Waals surface area contributed by atoms with Crippen molar-refractivity contribution in [2.24, 2.45) is 5.73 Å². The van der Waals surface area contributed by atoms with Crippen molar-refractivity contribution >= 4 is 11.0 Å². The molecule has 3 rings (SSSR count). The van der Waals surface area contributed by atoms with Gasteiger partial charge in [-0.25, -0.2) is 4.98 Å². The summed E-state index contributed by atoms with van der Waals surface area (Å²) in [5.41, 5.74) is 11.4. The summed E-state index contributed by atoms with van der Waals surface area (Å²) in [6, 6.07) is 14.6. The van der Waals surface area contributed by atoms with Gasteiger partial charge < -0.3 is 10.7 Å². The van der Waals surface area contributed by atoms with Gasteiger partial charge in [-0.3, -0.25) is 0 Å². The van der Waals surface area contributed by atoms with Crippen LogP contribution < -0.4 is 5.73 Å². The van der Waals surface area contributed by atoms with E-state index in [1.165, 1.54) is 11.1 Å². The molecule has 0 amide bonds. The van der Waals surface area contributed by atoms with Gasteiger partial charge in [0.2, 0.25) is 0 Å². The number of aromatic amines is 1. The number of aromatic nitrogens is 2. The largest absolute Gasteiger partial charge is 0.342 e. The van der Waals surface area contributed by atoms with E-state index in [0.29, 0.717) is 6.54 Å². The highest BCUT2D eigenvalue weighted by Gasteiger charge is 2.04. The molecule has 3 N–H and O–H groups in total. The van der Waals surface area contributed by atoms with Crippen molar-refractivity contribution in [1.82, 2.24) is 9.97 Å². The first-order valence-corrected chi connectivity index (χ1v) is 6.48. The van der Waals surface area contributed by atoms with Crippen LogP contribution in [0.1, 0.15) is 22.5 Å². The Hall–Kier alpha value is -2.13. The molecule has 0 aliphatic carbocycles. The van der Waals surface area contributed by atoms with Crippen LogP contribution in [-0.4, -0.2) is 9.97 Å². The van der Waals surface area contributed by atoms with Crippen molar-refractivity contribution in [1.29, 1.82) is 0 Å². The zero-order chi connectivity index (χ0) is 13.2. The Morgan fingerprint density at radius 1 is 1.11 bits per heavy atom. The molecule has 0 spiro atoms. The second-order valence-electron chi connectivity index (χ2n) is 4.90. The Bertz CT molecular complexity index is 713. The molecule has 1 aromatic heterocycles. The average Bonchev–Trinajstić information content (AvgIpc) is 2.79. The fourth-order valence-corrected chi connectivity index (χ4v) is 2.34. The normalized spacial score (nSPS) is 11.1. The van der Waals surface area contributed by atoms with Crippen molar-refractivity contribution < 1.29 is 0 Å². The lowest BCUT2D eigenvalue weighted by atomic mass is 10.1. The van der Waals surface area contributed by atoms with Gasteiger partial charge in [0.05, 0.1) is 11.0 Å². The molecule has 96 valence electrons. The zero-order valence-corrected chi connectivity index (χ0v) is 11.0. The number of benzene rings is 2. The first-order chi connectivity index (χ1) is 9.24. The molecule has 3 aromatic rings. The van der Waals surface area contributed by atoms with Crippen molar-refractivity contribution in [2.75, 3.05) is 0 Å². The van der Waals surface area contributed by atoms with Crippen LogP contribution in [-0.2, 0) is 13.0 Å². The summed E-state index contributed by atoms with van der Waals surface area (Å²) >= 11 is 0. The highest BCUT2D eigenvalue weighted by Crippen LogP contribution is 2.16. The standard InChI is InChI=1S/C16H17N3/c1-11-3-2-4-12(7-11)9-16-18-14-6-5-13(10-17)8-15(14)19-16/h2-8H,9-10,17H2,1H3,(H,18,19). The number of aryl methyl sites for hydroxylation is 1. The van der Waals surface area contributed by atoms with Crippen LogP contribution in [0.15, 0.2) is 42.5 Å². The van der Waals surface area contributed by atoms with Gasteiger partial charge in [0.15, 0.2) is 0 Å². The number of H-pyrrole nitrogens is 1. The molecule has 3 nitrogen and oxygen atoms in total. The maximum atomic E-state index is 5.65. The molecule has 2 aromatic carbocycles. The van der Waals surface area contributed by atoms with Gasteiger partial charge in [-0.1, -0.05) is 35.9 Å². The predicted octanol–water partition coefficient (Wildman–Crippen LogP) is 2.92. The Balaban J connectivity index is 1.93. The number of imidazole rings is 1. The van der Waals surface area contributed by atoms with E-state index in [9.17, 15) is 0 Å². The van der Waals surface area contributed by atoms with Crippen LogP contribution in [0.4, 0.5) is 0 Å². The molecule has 0 aliphatic heterocycles. The molecule has 1 heterocycles. The Morgan fingerprint density at radius 2 is 2.00 bits per heavy atom. The summed E-state index contributed by atoms with van der Waals surface area (Å²) in [6.07, 6.45) is 0.828. The van der Waals surface area contributed by atoms with Gasteiger partial charge in [0.25, 0.3) is 0 Å². The van der Waals surface area contributed by atoms with Gasteiger partial charge in [-0.15, -0.1) is 0 Å². The zero-order valence-electron chi connectivity index (χ0n) is 11.0. The maximum Gasteiger partial charge on any atom is 0.111 e. The predicted molar refractivity (Wildman–Crippen MR) is 78.0 cm³/mol. The molecule has 0 fully saturated rings. The molecular weight excluding hydrogens is 234 g/mol. The maximum absolute atomic E-state index is 5.65. The molecule has 0 bridgehead atoms. The van der Waals surface area contributed by atoms with E-state index >= 15 is 0 Å². The van der Waals surface area contributed by atoms with E-state index in [1.807, 2.05) is 12.1 Å². The molecule has 0 atom stereocenters. The minimum atomic E-state index is 0.558. The number of hydrogen-bond acceptors (Lipinski definition) is 2. The summed E-state index contributed by atoms with van der Waals surface area (Å²) in [5, 5.41) is 0. The number of nitrogens with two attached hydrogens (primary N) is 1. The monoisotopic (exact) mass is 251 g/mol. The van der Waals surface area contributed by atoms with Crippen LogP contribution in [0.2, 0.25) is 0 Å². The van der Waals surface area contributed by atoms with E-state index < -0.39 is 0 Å². The Morgan fingerprint density at radius 3 is 2.79 bits per heavy atom. The quantitative estimate of drug-likeness (QED) is 0.752. The van der Waals surface area contributed by atoms with Crippen LogP contribution in [0, 0.1) is 6.92 Å². The number of rotatable bonds is 3. The SMILES string of the molecule is Cc1cccc(Cc2nc3ccc(CN)cc3[nH]2)c1. The fourth-order valence-electron chi connectivity index (χ4n) is 2.34. The summed E-state index contributed by atoms with van der Waals surface area (Å²) in [7, 11) is 0. The van der Waals surface area contributed by atoms with Gasteiger partial charge in [0.1, 0.15) is 5.82 Å². The van der Waals surface area contributed by atoms with E-state index in [1.54, 1.807) is 0 Å². The van der Waals surface area contributed by atoms with Crippen molar-refractivity contribution in [3.8, 4) is 0 Å².